The molecule has 2 aromatic heterocycles. The van der Waals surface area contributed by atoms with E-state index < -0.39 is 23.6 Å². The Morgan fingerprint density at radius 1 is 0.857 bits per heavy atom. The lowest BCUT2D eigenvalue weighted by Gasteiger charge is -2.35. The van der Waals surface area contributed by atoms with Crippen LogP contribution in [-0.4, -0.2) is 87.9 Å². The monoisotopic (exact) mass is 976 g/mol. The number of allylic oxidation sites excluding steroid dienone is 1. The van der Waals surface area contributed by atoms with Crippen LogP contribution in [0, 0.1) is 18.3 Å². The predicted molar refractivity (Wildman–Crippen MR) is 275 cm³/mol. The quantitative estimate of drug-likeness (QED) is 0.0456. The molecule has 376 valence electrons. The van der Waals surface area contributed by atoms with E-state index in [1.807, 2.05) is 87.8 Å². The number of carbonyl (C=O) groups excluding carboxylic acids is 5. The SMILES string of the molecule is COc1cnc(C(=O)NCc2cccc(CC(=O)NCCCCCCCCC(=O)NC(C(=O)N3C[C@H](O)C[C@H]3C(=O)NCc3ccc(-c4scnc4C)cc3)C(C)(C)C)c2)cc1/C=C/C1CCCCC1. The number of likely N-dealkylation sites (tertiary alicyclic amines) is 1. The van der Waals surface area contributed by atoms with Crippen LogP contribution >= 0.6 is 11.3 Å². The summed E-state index contributed by atoms with van der Waals surface area (Å²) in [5.41, 5.74) is 7.03. The number of rotatable bonds is 23. The first-order valence-corrected chi connectivity index (χ1v) is 26.0. The molecule has 1 aliphatic carbocycles. The van der Waals surface area contributed by atoms with E-state index in [2.05, 4.69) is 37.3 Å². The first-order valence-electron chi connectivity index (χ1n) is 25.1. The molecule has 1 saturated carbocycles. The van der Waals surface area contributed by atoms with E-state index in [1.165, 1.54) is 37.0 Å². The summed E-state index contributed by atoms with van der Waals surface area (Å²) in [6.45, 7) is 8.79. The lowest BCUT2D eigenvalue weighted by molar-refractivity contribution is -0.144. The summed E-state index contributed by atoms with van der Waals surface area (Å²) in [6, 6.07) is 15.6. The van der Waals surface area contributed by atoms with Crippen molar-refractivity contribution in [3.05, 3.63) is 106 Å². The first kappa shape index (κ1) is 53.4. The van der Waals surface area contributed by atoms with Crippen LogP contribution in [0.2, 0.25) is 0 Å². The molecular formula is C55H73N7O7S. The fourth-order valence-corrected chi connectivity index (χ4v) is 9.99. The summed E-state index contributed by atoms with van der Waals surface area (Å²) in [6.07, 6.45) is 17.0. The van der Waals surface area contributed by atoms with Crippen LogP contribution in [-0.2, 0) is 38.7 Å². The first-order chi connectivity index (χ1) is 33.7. The Bertz CT molecular complexity index is 2410. The van der Waals surface area contributed by atoms with E-state index in [4.69, 9.17) is 4.74 Å². The number of aliphatic hydroxyl groups excluding tert-OH is 1. The molecule has 1 aliphatic heterocycles. The number of nitrogens with one attached hydrogen (secondary N) is 4. The van der Waals surface area contributed by atoms with E-state index in [-0.39, 0.29) is 61.9 Å². The maximum atomic E-state index is 14.0. The summed E-state index contributed by atoms with van der Waals surface area (Å²) >= 11 is 1.58. The van der Waals surface area contributed by atoms with Crippen molar-refractivity contribution < 1.29 is 33.8 Å². The van der Waals surface area contributed by atoms with Gasteiger partial charge in [0, 0.05) is 44.6 Å². The average molecular weight is 976 g/mol. The molecule has 3 atom stereocenters. The van der Waals surface area contributed by atoms with Gasteiger partial charge in [0.15, 0.2) is 0 Å². The molecule has 2 aromatic carbocycles. The Labute approximate surface area is 417 Å². The van der Waals surface area contributed by atoms with E-state index in [0.29, 0.717) is 36.9 Å². The molecule has 0 bridgehead atoms. The third kappa shape index (κ3) is 16.1. The largest absolute Gasteiger partial charge is 0.495 e. The molecule has 14 nitrogen and oxygen atoms in total. The molecule has 70 heavy (non-hydrogen) atoms. The van der Waals surface area contributed by atoms with Crippen molar-refractivity contribution in [3.8, 4) is 16.2 Å². The van der Waals surface area contributed by atoms with Crippen LogP contribution < -0.4 is 26.0 Å². The topological polar surface area (TPSA) is 192 Å². The number of hydrogen-bond donors (Lipinski definition) is 5. The minimum Gasteiger partial charge on any atom is -0.495 e. The number of pyridine rings is 1. The van der Waals surface area contributed by atoms with Crippen LogP contribution in [0.15, 0.2) is 72.4 Å². The molecule has 2 fully saturated rings. The molecule has 6 rings (SSSR count). The van der Waals surface area contributed by atoms with Gasteiger partial charge in [-0.05, 0) is 72.3 Å². The van der Waals surface area contributed by atoms with Gasteiger partial charge in [0.05, 0.1) is 41.9 Å². The van der Waals surface area contributed by atoms with Gasteiger partial charge < -0.3 is 36.0 Å². The Balaban J connectivity index is 0.845. The van der Waals surface area contributed by atoms with Crippen molar-refractivity contribution in [2.75, 3.05) is 20.2 Å². The van der Waals surface area contributed by atoms with E-state index in [0.717, 1.165) is 70.5 Å². The van der Waals surface area contributed by atoms with Gasteiger partial charge >= 0.3 is 0 Å². The average Bonchev–Trinajstić information content (AvgIpc) is 3.97. The number of β-amino-alcohol motifs (C(OH)–C–C–N with tert-alkyl or cyclic N) is 1. The number of aromatic nitrogens is 2. The number of ether oxygens (including phenoxy) is 1. The lowest BCUT2D eigenvalue weighted by Crippen LogP contribution is -2.57. The van der Waals surface area contributed by atoms with Crippen molar-refractivity contribution in [1.82, 2.24) is 36.1 Å². The highest BCUT2D eigenvalue weighted by Gasteiger charge is 2.44. The smallest absolute Gasteiger partial charge is 0.270 e. The summed E-state index contributed by atoms with van der Waals surface area (Å²) in [5, 5.41) is 22.5. The standard InChI is InChI=1S/C55H73N7O7S/c1-37-50(70-36-60-37)42-24-22-39(23-25-42)32-59-53(67)46-31-44(63)35-62(46)54(68)51(55(2,3)4)61-48(64)20-13-8-6-7-9-14-27-56-49(65)29-40-18-15-19-41(28-40)33-58-52(66)45-30-43(47(69-5)34-57-45)26-21-38-16-11-10-12-17-38/h15,18-19,21-26,28,30,34,36,38,44,46,51,63H,6-14,16-17,20,27,29,31-33,35H2,1-5H3,(H,56,65)(H,58,66)(H,59,67)(H,61,64)/b26-21+/t44-,46+,51?/m1/s1. The summed E-state index contributed by atoms with van der Waals surface area (Å²) < 4.78 is 5.50. The second kappa shape index (κ2) is 26.3. The Morgan fingerprint density at radius 2 is 1.57 bits per heavy atom. The zero-order valence-corrected chi connectivity index (χ0v) is 42.5. The fourth-order valence-electron chi connectivity index (χ4n) is 9.18. The highest BCUT2D eigenvalue weighted by Crippen LogP contribution is 2.30. The van der Waals surface area contributed by atoms with Gasteiger partial charge in [-0.2, -0.15) is 0 Å². The number of methoxy groups -OCH3 is 1. The predicted octanol–water partition coefficient (Wildman–Crippen LogP) is 8.24. The van der Waals surface area contributed by atoms with Crippen LogP contribution in [0.5, 0.6) is 5.75 Å². The Kier molecular flexibility index (Phi) is 20.1. The van der Waals surface area contributed by atoms with Crippen LogP contribution in [0.4, 0.5) is 0 Å². The van der Waals surface area contributed by atoms with Crippen LogP contribution in [0.25, 0.3) is 16.5 Å². The van der Waals surface area contributed by atoms with Gasteiger partial charge in [-0.15, -0.1) is 11.3 Å². The lowest BCUT2D eigenvalue weighted by atomic mass is 9.85. The van der Waals surface area contributed by atoms with Gasteiger partial charge in [-0.1, -0.05) is 126 Å². The number of amides is 5. The van der Waals surface area contributed by atoms with E-state index >= 15 is 0 Å². The minimum absolute atomic E-state index is 0.0206. The van der Waals surface area contributed by atoms with Crippen LogP contribution in [0.1, 0.15) is 143 Å². The molecule has 1 saturated heterocycles. The Hall–Kier alpha value is -5.93. The van der Waals surface area contributed by atoms with Gasteiger partial charge in [0.1, 0.15) is 23.5 Å². The van der Waals surface area contributed by atoms with Gasteiger partial charge in [-0.25, -0.2) is 9.97 Å². The summed E-state index contributed by atoms with van der Waals surface area (Å²) in [5.74, 6) is -0.103. The normalized spacial score (nSPS) is 16.7. The second-order valence-corrected chi connectivity index (χ2v) is 20.8. The number of aliphatic hydroxyl groups is 1. The molecule has 0 radical (unpaired) electrons. The van der Waals surface area contributed by atoms with E-state index in [1.54, 1.807) is 30.7 Å². The highest BCUT2D eigenvalue weighted by atomic mass is 32.1. The van der Waals surface area contributed by atoms with Crippen molar-refractivity contribution in [2.45, 2.75) is 149 Å². The molecule has 5 amide bonds. The number of hydrogen-bond acceptors (Lipinski definition) is 10. The molecule has 0 spiro atoms. The minimum atomic E-state index is -0.870. The fraction of sp³-hybridized carbons (Fsp3) is 0.509. The third-order valence-corrected chi connectivity index (χ3v) is 14.2. The number of nitrogens with zero attached hydrogens (tertiary/aromatic N) is 3. The van der Waals surface area contributed by atoms with Crippen molar-refractivity contribution >= 4 is 46.9 Å². The molecular weight excluding hydrogens is 903 g/mol. The van der Waals surface area contributed by atoms with E-state index in [9.17, 15) is 29.1 Å². The van der Waals surface area contributed by atoms with Gasteiger partial charge in [0.25, 0.3) is 5.91 Å². The molecule has 15 heteroatoms. The van der Waals surface area contributed by atoms with Crippen molar-refractivity contribution in [1.29, 1.82) is 0 Å². The van der Waals surface area contributed by atoms with Crippen molar-refractivity contribution in [3.63, 3.8) is 0 Å². The molecule has 4 aromatic rings. The molecule has 2 aliphatic rings. The van der Waals surface area contributed by atoms with Crippen LogP contribution in [0.3, 0.4) is 0 Å². The number of aryl methyl sites for hydroxylation is 1. The number of carbonyl (C=O) groups is 5. The van der Waals surface area contributed by atoms with Gasteiger partial charge in [0.2, 0.25) is 23.6 Å². The maximum absolute atomic E-state index is 14.0. The molecule has 1 unspecified atom stereocenters. The highest BCUT2D eigenvalue weighted by molar-refractivity contribution is 7.13. The number of benzene rings is 2. The zero-order chi connectivity index (χ0) is 50.0. The zero-order valence-electron chi connectivity index (χ0n) is 41.7. The van der Waals surface area contributed by atoms with Gasteiger partial charge in [-0.3, -0.25) is 24.0 Å². The maximum Gasteiger partial charge on any atom is 0.270 e. The number of unbranched alkanes of at least 4 members (excludes halogenated alkanes) is 5. The second-order valence-electron chi connectivity index (χ2n) is 19.9. The van der Waals surface area contributed by atoms with Crippen molar-refractivity contribution in [2.24, 2.45) is 11.3 Å². The number of thiazole rings is 1. The summed E-state index contributed by atoms with van der Waals surface area (Å²) in [4.78, 5) is 77.7. The summed E-state index contributed by atoms with van der Waals surface area (Å²) in [7, 11) is 1.60. The molecule has 3 heterocycles. The molecule has 5 N–H and O–H groups in total. The third-order valence-electron chi connectivity index (χ3n) is 13.2. The Morgan fingerprint density at radius 3 is 2.29 bits per heavy atom.